The minimum Gasteiger partial charge on any atom is -0.452 e. The molecule has 0 N–H and O–H groups in total. The van der Waals surface area contributed by atoms with Crippen molar-refractivity contribution in [3.05, 3.63) is 72.1 Å². The Morgan fingerprint density at radius 3 is 2.42 bits per heavy atom. The summed E-state index contributed by atoms with van der Waals surface area (Å²) in [4.78, 5) is 26.0. The molecule has 0 saturated carbocycles. The molecule has 26 heavy (non-hydrogen) atoms. The summed E-state index contributed by atoms with van der Waals surface area (Å²) in [7, 11) is 0. The van der Waals surface area contributed by atoms with Crippen molar-refractivity contribution in [2.45, 2.75) is 6.92 Å². The van der Waals surface area contributed by atoms with Gasteiger partial charge in [-0.25, -0.2) is 9.48 Å². The SMILES string of the molecule is C=CCN(CC=C)C(=O)COC(=O)c1c(C)nn(-c2ccccc2)c1Cl. The van der Waals surface area contributed by atoms with E-state index in [2.05, 4.69) is 18.3 Å². The molecular weight excluding hydrogens is 354 g/mol. The van der Waals surface area contributed by atoms with E-state index in [0.717, 1.165) is 5.69 Å². The zero-order valence-electron chi connectivity index (χ0n) is 14.5. The van der Waals surface area contributed by atoms with Crippen molar-refractivity contribution in [1.29, 1.82) is 0 Å². The fourth-order valence-corrected chi connectivity index (χ4v) is 2.70. The highest BCUT2D eigenvalue weighted by molar-refractivity contribution is 6.33. The summed E-state index contributed by atoms with van der Waals surface area (Å²) in [6, 6.07) is 9.19. The van der Waals surface area contributed by atoms with Gasteiger partial charge in [-0.15, -0.1) is 13.2 Å². The highest BCUT2D eigenvalue weighted by Gasteiger charge is 2.23. The summed E-state index contributed by atoms with van der Waals surface area (Å²) in [6.45, 7) is 9.14. The zero-order chi connectivity index (χ0) is 19.1. The highest BCUT2D eigenvalue weighted by atomic mass is 35.5. The van der Waals surface area contributed by atoms with Gasteiger partial charge in [-0.2, -0.15) is 5.10 Å². The molecule has 0 unspecified atom stereocenters. The maximum atomic E-state index is 12.4. The van der Waals surface area contributed by atoms with Crippen LogP contribution in [0.1, 0.15) is 16.1 Å². The van der Waals surface area contributed by atoms with E-state index in [-0.39, 0.29) is 16.6 Å². The number of rotatable bonds is 8. The molecule has 1 aromatic carbocycles. The first kappa shape index (κ1) is 19.5. The molecule has 7 heteroatoms. The zero-order valence-corrected chi connectivity index (χ0v) is 15.3. The van der Waals surface area contributed by atoms with Crippen molar-refractivity contribution in [3.63, 3.8) is 0 Å². The number of aromatic nitrogens is 2. The molecular formula is C19H20ClN3O3. The van der Waals surface area contributed by atoms with E-state index in [0.29, 0.717) is 18.8 Å². The molecule has 2 aromatic rings. The van der Waals surface area contributed by atoms with Gasteiger partial charge in [0.25, 0.3) is 5.91 Å². The number of nitrogens with zero attached hydrogens (tertiary/aromatic N) is 3. The number of halogens is 1. The maximum absolute atomic E-state index is 12.4. The van der Waals surface area contributed by atoms with E-state index < -0.39 is 12.6 Å². The fourth-order valence-electron chi connectivity index (χ4n) is 2.35. The van der Waals surface area contributed by atoms with Gasteiger partial charge in [0, 0.05) is 13.1 Å². The van der Waals surface area contributed by atoms with Crippen molar-refractivity contribution in [2.24, 2.45) is 0 Å². The average Bonchev–Trinajstić information content (AvgIpc) is 2.94. The molecule has 0 saturated heterocycles. The van der Waals surface area contributed by atoms with Crippen molar-refractivity contribution < 1.29 is 14.3 Å². The van der Waals surface area contributed by atoms with E-state index in [1.165, 1.54) is 9.58 Å². The van der Waals surface area contributed by atoms with Gasteiger partial charge in [-0.3, -0.25) is 4.79 Å². The van der Waals surface area contributed by atoms with Crippen molar-refractivity contribution in [1.82, 2.24) is 14.7 Å². The predicted octanol–water partition coefficient (Wildman–Crippen LogP) is 3.19. The molecule has 6 nitrogen and oxygen atoms in total. The van der Waals surface area contributed by atoms with E-state index in [9.17, 15) is 9.59 Å². The molecule has 2 rings (SSSR count). The Labute approximate surface area is 157 Å². The van der Waals surface area contributed by atoms with E-state index in [1.54, 1.807) is 19.1 Å². The molecule has 0 spiro atoms. The summed E-state index contributed by atoms with van der Waals surface area (Å²) < 4.78 is 6.59. The van der Waals surface area contributed by atoms with Gasteiger partial charge < -0.3 is 9.64 Å². The second-order valence-electron chi connectivity index (χ2n) is 5.45. The van der Waals surface area contributed by atoms with Crippen LogP contribution in [-0.4, -0.2) is 46.3 Å². The fraction of sp³-hybridized carbons (Fsp3) is 0.211. The molecule has 0 aliphatic carbocycles. The number of amides is 1. The molecule has 0 radical (unpaired) electrons. The van der Waals surface area contributed by atoms with Crippen LogP contribution >= 0.6 is 11.6 Å². The molecule has 0 aliphatic heterocycles. The number of benzene rings is 1. The van der Waals surface area contributed by atoms with Gasteiger partial charge in [0.1, 0.15) is 10.7 Å². The van der Waals surface area contributed by atoms with Crippen LogP contribution in [-0.2, 0) is 9.53 Å². The van der Waals surface area contributed by atoms with Crippen LogP contribution in [0.5, 0.6) is 0 Å². The van der Waals surface area contributed by atoms with Crippen LogP contribution in [0.25, 0.3) is 5.69 Å². The first-order chi connectivity index (χ1) is 12.5. The monoisotopic (exact) mass is 373 g/mol. The summed E-state index contributed by atoms with van der Waals surface area (Å²) in [5, 5.41) is 4.42. The molecule has 1 heterocycles. The van der Waals surface area contributed by atoms with Crippen LogP contribution in [0.2, 0.25) is 5.15 Å². The summed E-state index contributed by atoms with van der Waals surface area (Å²) in [5.74, 6) is -1.04. The first-order valence-corrected chi connectivity index (χ1v) is 8.34. The van der Waals surface area contributed by atoms with Crippen molar-refractivity contribution >= 4 is 23.5 Å². The third-order valence-electron chi connectivity index (χ3n) is 3.59. The topological polar surface area (TPSA) is 64.4 Å². The maximum Gasteiger partial charge on any atom is 0.343 e. The van der Waals surface area contributed by atoms with Crippen LogP contribution in [0.3, 0.4) is 0 Å². The van der Waals surface area contributed by atoms with Gasteiger partial charge in [0.15, 0.2) is 6.61 Å². The quantitative estimate of drug-likeness (QED) is 0.526. The van der Waals surface area contributed by atoms with Crippen molar-refractivity contribution in [3.8, 4) is 5.69 Å². The molecule has 1 amide bonds. The average molecular weight is 374 g/mol. The summed E-state index contributed by atoms with van der Waals surface area (Å²) in [5.41, 5.74) is 1.28. The van der Waals surface area contributed by atoms with Crippen molar-refractivity contribution in [2.75, 3.05) is 19.7 Å². The van der Waals surface area contributed by atoms with Crippen LogP contribution < -0.4 is 0 Å². The Morgan fingerprint density at radius 2 is 1.85 bits per heavy atom. The van der Waals surface area contributed by atoms with E-state index in [4.69, 9.17) is 16.3 Å². The van der Waals surface area contributed by atoms with Gasteiger partial charge in [0.2, 0.25) is 0 Å². The Morgan fingerprint density at radius 1 is 1.23 bits per heavy atom. The number of carbonyl (C=O) groups excluding carboxylic acids is 2. The second kappa shape index (κ2) is 9.01. The molecule has 1 aromatic heterocycles. The van der Waals surface area contributed by atoms with Gasteiger partial charge in [0.05, 0.1) is 11.4 Å². The number of hydrogen-bond acceptors (Lipinski definition) is 4. The van der Waals surface area contributed by atoms with Gasteiger partial charge >= 0.3 is 5.97 Å². The third-order valence-corrected chi connectivity index (χ3v) is 3.94. The minimum absolute atomic E-state index is 0.139. The Bertz CT molecular complexity index is 805. The molecule has 0 bridgehead atoms. The highest BCUT2D eigenvalue weighted by Crippen LogP contribution is 2.24. The predicted molar refractivity (Wildman–Crippen MR) is 101 cm³/mol. The standard InChI is InChI=1S/C19H20ClN3O3/c1-4-11-22(12-5-2)16(24)13-26-19(25)17-14(3)21-23(18(17)20)15-9-7-6-8-10-15/h4-10H,1-2,11-13H2,3H3. The third kappa shape index (κ3) is 4.40. The van der Waals surface area contributed by atoms with Crippen LogP contribution in [0.15, 0.2) is 55.6 Å². The lowest BCUT2D eigenvalue weighted by atomic mass is 10.2. The molecule has 0 fully saturated rings. The number of carbonyl (C=O) groups is 2. The number of hydrogen-bond donors (Lipinski definition) is 0. The van der Waals surface area contributed by atoms with E-state index >= 15 is 0 Å². The Balaban J connectivity index is 2.13. The normalized spacial score (nSPS) is 10.2. The second-order valence-corrected chi connectivity index (χ2v) is 5.81. The lowest BCUT2D eigenvalue weighted by Gasteiger charge is -2.18. The molecule has 0 atom stereocenters. The Kier molecular flexibility index (Phi) is 6.74. The summed E-state index contributed by atoms with van der Waals surface area (Å²) >= 11 is 6.31. The van der Waals surface area contributed by atoms with E-state index in [1.807, 2.05) is 30.3 Å². The molecule has 136 valence electrons. The lowest BCUT2D eigenvalue weighted by molar-refractivity contribution is -0.133. The largest absolute Gasteiger partial charge is 0.452 e. The summed E-state index contributed by atoms with van der Waals surface area (Å²) in [6.07, 6.45) is 3.18. The number of ether oxygens (including phenoxy) is 1. The van der Waals surface area contributed by atoms with Crippen LogP contribution in [0, 0.1) is 6.92 Å². The molecule has 0 aliphatic rings. The smallest absolute Gasteiger partial charge is 0.343 e. The van der Waals surface area contributed by atoms with Gasteiger partial charge in [-0.05, 0) is 19.1 Å². The lowest BCUT2D eigenvalue weighted by Crippen LogP contribution is -2.35. The number of aryl methyl sites for hydroxylation is 1. The van der Waals surface area contributed by atoms with Gasteiger partial charge in [-0.1, -0.05) is 42.0 Å². The number of esters is 1. The van der Waals surface area contributed by atoms with Crippen LogP contribution in [0.4, 0.5) is 0 Å². The minimum atomic E-state index is -0.694. The number of para-hydroxylation sites is 1. The Hall–Kier alpha value is -2.86. The first-order valence-electron chi connectivity index (χ1n) is 7.96.